The van der Waals surface area contributed by atoms with Crippen molar-refractivity contribution in [3.8, 4) is 0 Å². The second-order valence-corrected chi connectivity index (χ2v) is 4.10. The smallest absolute Gasteiger partial charge is 0.254 e. The number of hydrogen-bond acceptors (Lipinski definition) is 5. The zero-order chi connectivity index (χ0) is 10.7. The number of nitrogens with zero attached hydrogens (tertiary/aromatic N) is 3. The molecule has 0 amide bonds. The van der Waals surface area contributed by atoms with Gasteiger partial charge in [-0.3, -0.25) is 4.99 Å². The summed E-state index contributed by atoms with van der Waals surface area (Å²) in [6, 6.07) is 0. The van der Waals surface area contributed by atoms with Crippen LogP contribution in [0.5, 0.6) is 0 Å². The maximum absolute atomic E-state index is 11.6. The van der Waals surface area contributed by atoms with Crippen LogP contribution in [-0.2, 0) is 0 Å². The topological polar surface area (TPSA) is 85.9 Å². The lowest BCUT2D eigenvalue weighted by Crippen LogP contribution is -2.52. The van der Waals surface area contributed by atoms with Gasteiger partial charge in [-0.15, -0.1) is 0 Å². The molecule has 2 rings (SSSR count). The molecule has 15 heavy (non-hydrogen) atoms. The lowest BCUT2D eigenvalue weighted by atomic mass is 9.81. The number of hydrogen-bond donors (Lipinski definition) is 1. The Balaban J connectivity index is 2.28. The Bertz CT molecular complexity index is 294. The highest BCUT2D eigenvalue weighted by Gasteiger charge is 2.47. The molecule has 1 saturated carbocycles. The van der Waals surface area contributed by atoms with Crippen molar-refractivity contribution in [2.24, 2.45) is 10.3 Å². The molecule has 0 unspecified atom stereocenters. The predicted molar refractivity (Wildman–Crippen MR) is 55.5 cm³/mol. The minimum atomic E-state index is -0.795. The van der Waals surface area contributed by atoms with Crippen molar-refractivity contribution in [3.05, 3.63) is 10.4 Å². The van der Waals surface area contributed by atoms with Gasteiger partial charge in [-0.1, -0.05) is 11.3 Å². The van der Waals surface area contributed by atoms with Gasteiger partial charge in [-0.25, -0.2) is 0 Å². The van der Waals surface area contributed by atoms with Crippen LogP contribution in [0.25, 0.3) is 0 Å². The van der Waals surface area contributed by atoms with E-state index < -0.39 is 5.54 Å². The minimum Gasteiger partial charge on any atom is -0.739 e. The Morgan fingerprint density at radius 3 is 2.60 bits per heavy atom. The molecule has 1 aliphatic heterocycles. The van der Waals surface area contributed by atoms with E-state index in [0.29, 0.717) is 30.1 Å². The van der Waals surface area contributed by atoms with Crippen LogP contribution in [0.4, 0.5) is 0 Å². The van der Waals surface area contributed by atoms with E-state index in [4.69, 9.17) is 0 Å². The molecule has 1 heterocycles. The lowest BCUT2D eigenvalue weighted by Gasteiger charge is -2.33. The average Bonchev–Trinajstić information content (AvgIpc) is 2.83. The highest BCUT2D eigenvalue weighted by molar-refractivity contribution is 5.91. The third kappa shape index (κ3) is 1.64. The summed E-state index contributed by atoms with van der Waals surface area (Å²) >= 11 is 0. The Labute approximate surface area is 88.2 Å². The van der Waals surface area contributed by atoms with Crippen molar-refractivity contribution in [3.63, 3.8) is 0 Å². The Morgan fingerprint density at radius 1 is 1.33 bits per heavy atom. The number of nitrogens with one attached hydrogen (secondary N) is 1. The highest BCUT2D eigenvalue weighted by Crippen LogP contribution is 2.32. The second kappa shape index (κ2) is 4.04. The van der Waals surface area contributed by atoms with Gasteiger partial charge in [-0.2, -0.15) is 0 Å². The number of rotatable bonds is 2. The van der Waals surface area contributed by atoms with Gasteiger partial charge in [0.25, 0.3) is 5.54 Å². The molecule has 0 bridgehead atoms. The van der Waals surface area contributed by atoms with E-state index in [1.165, 1.54) is 0 Å². The molecule has 0 spiro atoms. The quantitative estimate of drug-likeness (QED) is 0.422. The summed E-state index contributed by atoms with van der Waals surface area (Å²) in [5, 5.41) is 27.7. The van der Waals surface area contributed by atoms with Crippen molar-refractivity contribution >= 4 is 5.84 Å². The normalized spacial score (nSPS) is 25.9. The first-order valence-corrected chi connectivity index (χ1v) is 5.39. The standard InChI is InChI=1S/C9H16N4O2/c14-12-13(15)9(4-2-1-3-5-9)8-10-6-7-11-8/h14H,1-7H2,(H,10,11)/p-1/b13-12-. The van der Waals surface area contributed by atoms with Crippen molar-refractivity contribution in [2.75, 3.05) is 13.1 Å². The number of aliphatic imine (C=N–C) groups is 1. The SMILES string of the molecule is [O-]/N=[N+](\[O-])C1(C2=NCCN2)CCCCC1. The molecule has 6 nitrogen and oxygen atoms in total. The van der Waals surface area contributed by atoms with Gasteiger partial charge in [0.2, 0.25) is 0 Å². The highest BCUT2D eigenvalue weighted by atomic mass is 16.6. The Morgan fingerprint density at radius 2 is 2.07 bits per heavy atom. The van der Waals surface area contributed by atoms with Gasteiger partial charge < -0.3 is 15.7 Å². The van der Waals surface area contributed by atoms with Crippen LogP contribution in [-0.4, -0.2) is 29.3 Å². The van der Waals surface area contributed by atoms with Gasteiger partial charge in [-0.05, 0) is 18.1 Å². The van der Waals surface area contributed by atoms with Crippen LogP contribution in [0.3, 0.4) is 0 Å². The maximum Gasteiger partial charge on any atom is 0.254 e. The molecule has 0 saturated heterocycles. The maximum atomic E-state index is 11.6. The molecule has 1 N–H and O–H groups in total. The van der Waals surface area contributed by atoms with Crippen molar-refractivity contribution in [1.29, 1.82) is 0 Å². The van der Waals surface area contributed by atoms with Crippen molar-refractivity contribution in [1.82, 2.24) is 5.32 Å². The molecule has 1 fully saturated rings. The predicted octanol–water partition coefficient (Wildman–Crippen LogP) is 1.15. The van der Waals surface area contributed by atoms with Crippen LogP contribution in [0.1, 0.15) is 32.1 Å². The van der Waals surface area contributed by atoms with Gasteiger partial charge in [0.15, 0.2) is 5.84 Å². The monoisotopic (exact) mass is 211 g/mol. The van der Waals surface area contributed by atoms with E-state index in [0.717, 1.165) is 25.8 Å². The fourth-order valence-corrected chi connectivity index (χ4v) is 2.44. The van der Waals surface area contributed by atoms with Gasteiger partial charge in [0, 0.05) is 19.4 Å². The molecule has 2 aliphatic rings. The largest absolute Gasteiger partial charge is 0.739 e. The molecule has 0 atom stereocenters. The summed E-state index contributed by atoms with van der Waals surface area (Å²) in [6.45, 7) is 1.44. The molecular weight excluding hydrogens is 196 g/mol. The molecule has 0 aromatic heterocycles. The second-order valence-electron chi connectivity index (χ2n) is 4.10. The Hall–Kier alpha value is -1.33. The summed E-state index contributed by atoms with van der Waals surface area (Å²) < 4.78 is 0. The summed E-state index contributed by atoms with van der Waals surface area (Å²) in [5.74, 6) is 0.664. The average molecular weight is 211 g/mol. The van der Waals surface area contributed by atoms with E-state index >= 15 is 0 Å². The summed E-state index contributed by atoms with van der Waals surface area (Å²) in [7, 11) is 0. The van der Waals surface area contributed by atoms with Crippen molar-refractivity contribution in [2.45, 2.75) is 37.6 Å². The number of amidine groups is 1. The molecule has 0 aromatic rings. The Kier molecular flexibility index (Phi) is 2.75. The molecule has 6 heteroatoms. The molecule has 0 radical (unpaired) electrons. The van der Waals surface area contributed by atoms with E-state index in [1.807, 2.05) is 0 Å². The van der Waals surface area contributed by atoms with E-state index in [-0.39, 0.29) is 0 Å². The summed E-state index contributed by atoms with van der Waals surface area (Å²) in [5.41, 5.74) is -0.795. The molecular formula is C9H15N4O2-. The van der Waals surface area contributed by atoms with Gasteiger partial charge in [0.05, 0.1) is 6.54 Å². The molecule has 1 aliphatic carbocycles. The first-order chi connectivity index (χ1) is 7.29. The van der Waals surface area contributed by atoms with Crippen LogP contribution in [0.15, 0.2) is 10.3 Å². The van der Waals surface area contributed by atoms with E-state index in [1.54, 1.807) is 0 Å². The van der Waals surface area contributed by atoms with Gasteiger partial charge in [0.1, 0.15) is 0 Å². The summed E-state index contributed by atoms with van der Waals surface area (Å²) in [6.07, 6.45) is 4.37. The fraction of sp³-hybridized carbons (Fsp3) is 0.889. The van der Waals surface area contributed by atoms with E-state index in [2.05, 4.69) is 15.6 Å². The van der Waals surface area contributed by atoms with E-state index in [9.17, 15) is 10.4 Å². The minimum absolute atomic E-state index is 0.309. The van der Waals surface area contributed by atoms with Gasteiger partial charge >= 0.3 is 0 Å². The van der Waals surface area contributed by atoms with Crippen LogP contribution < -0.4 is 5.32 Å². The zero-order valence-corrected chi connectivity index (χ0v) is 8.61. The van der Waals surface area contributed by atoms with Crippen LogP contribution in [0, 0.1) is 10.4 Å². The molecule has 0 aromatic carbocycles. The third-order valence-corrected chi connectivity index (χ3v) is 3.24. The van der Waals surface area contributed by atoms with Crippen LogP contribution in [0.2, 0.25) is 0 Å². The van der Waals surface area contributed by atoms with Crippen LogP contribution >= 0.6 is 0 Å². The molecule has 84 valence electrons. The first-order valence-electron chi connectivity index (χ1n) is 5.39. The zero-order valence-electron chi connectivity index (χ0n) is 8.61. The lowest BCUT2D eigenvalue weighted by molar-refractivity contribution is -0.592. The number of hydroxylamine groups is 1. The first kappa shape index (κ1) is 10.2. The summed E-state index contributed by atoms with van der Waals surface area (Å²) in [4.78, 5) is 4.57. The fourth-order valence-electron chi connectivity index (χ4n) is 2.44. The van der Waals surface area contributed by atoms with Crippen molar-refractivity contribution < 1.29 is 4.86 Å². The third-order valence-electron chi connectivity index (χ3n) is 3.24.